The third-order valence-corrected chi connectivity index (χ3v) is 8.56. The molecule has 1 aliphatic carbocycles. The Morgan fingerprint density at radius 1 is 1.23 bits per heavy atom. The second-order valence-electron chi connectivity index (χ2n) is 7.70. The van der Waals surface area contributed by atoms with Crippen molar-refractivity contribution in [2.75, 3.05) is 7.11 Å². The van der Waals surface area contributed by atoms with Crippen LogP contribution in [-0.4, -0.2) is 21.5 Å². The summed E-state index contributed by atoms with van der Waals surface area (Å²) in [4.78, 5) is 11.4. The summed E-state index contributed by atoms with van der Waals surface area (Å²) in [5, 5.41) is 0.374. The summed E-state index contributed by atoms with van der Waals surface area (Å²) in [7, 11) is -2.83. The van der Waals surface area contributed by atoms with E-state index >= 15 is 0 Å². The maximum atomic E-state index is 14.9. The van der Waals surface area contributed by atoms with Crippen LogP contribution < -0.4 is 0 Å². The fourth-order valence-corrected chi connectivity index (χ4v) is 6.68. The van der Waals surface area contributed by atoms with Gasteiger partial charge in [0.2, 0.25) is 0 Å². The molecule has 2 atom stereocenters. The summed E-state index contributed by atoms with van der Waals surface area (Å²) in [6.45, 7) is 0. The number of hydrogen-bond acceptors (Lipinski definition) is 4. The summed E-state index contributed by atoms with van der Waals surface area (Å²) in [6, 6.07) is 8.61. The van der Waals surface area contributed by atoms with Crippen molar-refractivity contribution >= 4 is 27.4 Å². The average Bonchev–Trinajstić information content (AvgIpc) is 2.75. The minimum Gasteiger partial charge on any atom is -0.466 e. The van der Waals surface area contributed by atoms with Gasteiger partial charge in [-0.15, -0.1) is 0 Å². The van der Waals surface area contributed by atoms with E-state index in [1.807, 2.05) is 0 Å². The smallest absolute Gasteiger partial charge is 0.330 e. The number of carbonyl (C=O) groups is 1. The van der Waals surface area contributed by atoms with Gasteiger partial charge in [0.05, 0.1) is 12.0 Å². The number of rotatable bonds is 6. The topological polar surface area (TPSA) is 60.4 Å². The highest BCUT2D eigenvalue weighted by molar-refractivity contribution is 7.92. The van der Waals surface area contributed by atoms with Gasteiger partial charge in [-0.2, -0.15) is 0 Å². The molecule has 1 fully saturated rings. The van der Waals surface area contributed by atoms with Gasteiger partial charge in [-0.25, -0.2) is 22.0 Å². The van der Waals surface area contributed by atoms with E-state index in [9.17, 15) is 22.0 Å². The first kappa shape index (κ1) is 23.4. The molecule has 0 saturated heterocycles. The maximum absolute atomic E-state index is 14.9. The molecule has 0 spiro atoms. The summed E-state index contributed by atoms with van der Waals surface area (Å²) >= 11 is 5.91. The Labute approximate surface area is 185 Å². The molecule has 2 aromatic rings. The minimum absolute atomic E-state index is 0.00585. The van der Waals surface area contributed by atoms with Crippen molar-refractivity contribution in [3.8, 4) is 0 Å². The number of allylic oxidation sites excluding steroid dienone is 1. The molecule has 0 unspecified atom stereocenters. The van der Waals surface area contributed by atoms with E-state index in [1.165, 1.54) is 37.5 Å². The average molecular weight is 469 g/mol. The Kier molecular flexibility index (Phi) is 7.17. The van der Waals surface area contributed by atoms with E-state index in [0.29, 0.717) is 24.3 Å². The zero-order valence-electron chi connectivity index (χ0n) is 17.0. The monoisotopic (exact) mass is 468 g/mol. The van der Waals surface area contributed by atoms with E-state index in [-0.39, 0.29) is 29.2 Å². The van der Waals surface area contributed by atoms with Crippen LogP contribution in [0.15, 0.2) is 59.5 Å². The molecule has 0 N–H and O–H groups in total. The van der Waals surface area contributed by atoms with E-state index in [0.717, 1.165) is 18.2 Å². The van der Waals surface area contributed by atoms with E-state index in [4.69, 9.17) is 11.6 Å². The summed E-state index contributed by atoms with van der Waals surface area (Å²) in [5.41, 5.74) is -0.163. The lowest BCUT2D eigenvalue weighted by molar-refractivity contribution is -0.134. The molecular weight excluding hydrogens is 446 g/mol. The fraction of sp³-hybridized carbons (Fsp3) is 0.348. The van der Waals surface area contributed by atoms with Crippen LogP contribution in [0.1, 0.15) is 37.7 Å². The molecule has 0 amide bonds. The van der Waals surface area contributed by atoms with Gasteiger partial charge in [-0.1, -0.05) is 30.5 Å². The molecule has 31 heavy (non-hydrogen) atoms. The van der Waals surface area contributed by atoms with Crippen molar-refractivity contribution in [1.29, 1.82) is 0 Å². The van der Waals surface area contributed by atoms with Crippen molar-refractivity contribution in [2.24, 2.45) is 5.92 Å². The van der Waals surface area contributed by atoms with Gasteiger partial charge in [0, 0.05) is 16.7 Å². The zero-order valence-corrected chi connectivity index (χ0v) is 18.6. The first-order valence-corrected chi connectivity index (χ1v) is 11.8. The lowest BCUT2D eigenvalue weighted by Crippen LogP contribution is -2.41. The summed E-state index contributed by atoms with van der Waals surface area (Å²) in [5.74, 6) is -2.11. The van der Waals surface area contributed by atoms with Gasteiger partial charge in [0.15, 0.2) is 9.84 Å². The molecule has 3 rings (SSSR count). The SMILES string of the molecule is COC(=O)/C=C/C[C@H]1CCC[C@](c2cc(F)ccc2F)(S(=O)(=O)c2ccc(Cl)cc2)C1. The Balaban J connectivity index is 2.09. The fourth-order valence-electron chi connectivity index (χ4n) is 4.29. The third kappa shape index (κ3) is 4.83. The van der Waals surface area contributed by atoms with Crippen LogP contribution >= 0.6 is 11.6 Å². The van der Waals surface area contributed by atoms with E-state index in [2.05, 4.69) is 4.74 Å². The van der Waals surface area contributed by atoms with Crippen molar-refractivity contribution in [2.45, 2.75) is 41.7 Å². The molecule has 0 bridgehead atoms. The lowest BCUT2D eigenvalue weighted by atomic mass is 9.75. The standard InChI is InChI=1S/C23H23ClF2O4S/c1-30-22(27)6-2-4-16-5-3-13-23(15-16,20-14-18(25)9-12-21(20)26)31(28,29)19-10-7-17(24)8-11-19/h2,6-12,14,16H,3-5,13,15H2,1H3/b6-2+/t16-,23-/m0/s1. The van der Waals surface area contributed by atoms with E-state index < -0.39 is 32.2 Å². The number of esters is 1. The molecule has 0 heterocycles. The van der Waals surface area contributed by atoms with Crippen LogP contribution in [-0.2, 0) is 24.1 Å². The number of halogens is 3. The molecule has 1 aliphatic rings. The van der Waals surface area contributed by atoms with Gasteiger partial charge in [-0.3, -0.25) is 0 Å². The van der Waals surface area contributed by atoms with Gasteiger partial charge < -0.3 is 4.74 Å². The van der Waals surface area contributed by atoms with Crippen LogP contribution in [0.5, 0.6) is 0 Å². The predicted octanol–water partition coefficient (Wildman–Crippen LogP) is 5.60. The molecule has 4 nitrogen and oxygen atoms in total. The highest BCUT2D eigenvalue weighted by Gasteiger charge is 2.50. The van der Waals surface area contributed by atoms with Crippen LogP contribution in [0, 0.1) is 17.6 Å². The molecule has 0 radical (unpaired) electrons. The molecule has 0 aliphatic heterocycles. The Bertz CT molecular complexity index is 1080. The van der Waals surface area contributed by atoms with Crippen LogP contribution in [0.3, 0.4) is 0 Å². The minimum atomic E-state index is -4.09. The van der Waals surface area contributed by atoms with Gasteiger partial charge >= 0.3 is 5.97 Å². The van der Waals surface area contributed by atoms with Gasteiger partial charge in [-0.05, 0) is 67.6 Å². The summed E-state index contributed by atoms with van der Waals surface area (Å²) < 4.78 is 59.6. The zero-order chi connectivity index (χ0) is 22.6. The van der Waals surface area contributed by atoms with Crippen molar-refractivity contribution in [3.63, 3.8) is 0 Å². The quantitative estimate of drug-likeness (QED) is 0.409. The Hall–Kier alpha value is -2.25. The number of sulfone groups is 1. The number of ether oxygens (including phenoxy) is 1. The lowest BCUT2D eigenvalue weighted by Gasteiger charge is -2.41. The number of hydrogen-bond donors (Lipinski definition) is 0. The predicted molar refractivity (Wildman–Crippen MR) is 114 cm³/mol. The normalized spacial score (nSPS) is 21.9. The van der Waals surface area contributed by atoms with Crippen molar-refractivity contribution in [3.05, 3.63) is 76.8 Å². The van der Waals surface area contributed by atoms with Crippen molar-refractivity contribution in [1.82, 2.24) is 0 Å². The third-order valence-electron chi connectivity index (χ3n) is 5.79. The first-order valence-electron chi connectivity index (χ1n) is 9.90. The first-order chi connectivity index (χ1) is 14.7. The molecule has 8 heteroatoms. The molecule has 1 saturated carbocycles. The largest absolute Gasteiger partial charge is 0.466 e. The number of methoxy groups -OCH3 is 1. The Morgan fingerprint density at radius 2 is 1.94 bits per heavy atom. The van der Waals surface area contributed by atoms with Gasteiger partial charge in [0.1, 0.15) is 16.4 Å². The molecular formula is C23H23ClF2O4S. The highest BCUT2D eigenvalue weighted by Crippen LogP contribution is 2.50. The van der Waals surface area contributed by atoms with E-state index in [1.54, 1.807) is 6.08 Å². The molecule has 166 valence electrons. The molecule has 2 aromatic carbocycles. The van der Waals surface area contributed by atoms with Crippen LogP contribution in [0.2, 0.25) is 5.02 Å². The molecule has 0 aromatic heterocycles. The number of benzene rings is 2. The second-order valence-corrected chi connectivity index (χ2v) is 10.4. The highest BCUT2D eigenvalue weighted by atomic mass is 35.5. The van der Waals surface area contributed by atoms with Crippen LogP contribution in [0.25, 0.3) is 0 Å². The Morgan fingerprint density at radius 3 is 2.61 bits per heavy atom. The summed E-state index contributed by atoms with van der Waals surface area (Å²) in [6.07, 6.45) is 4.82. The van der Waals surface area contributed by atoms with Crippen LogP contribution in [0.4, 0.5) is 8.78 Å². The number of carbonyl (C=O) groups excluding carboxylic acids is 1. The van der Waals surface area contributed by atoms with Gasteiger partial charge in [0.25, 0.3) is 0 Å². The second kappa shape index (κ2) is 9.49. The maximum Gasteiger partial charge on any atom is 0.330 e. The van der Waals surface area contributed by atoms with Crippen molar-refractivity contribution < 1.29 is 26.7 Å².